The fourth-order valence-electron chi connectivity index (χ4n) is 1.91. The lowest BCUT2D eigenvalue weighted by atomic mass is 10.2. The Morgan fingerprint density at radius 1 is 1.30 bits per heavy atom. The van der Waals surface area contributed by atoms with E-state index in [2.05, 4.69) is 15.3 Å². The average Bonchev–Trinajstić information content (AvgIpc) is 2.87. The molecular weight excluding hydrogens is 261 g/mol. The first kappa shape index (κ1) is 12.2. The zero-order chi connectivity index (χ0) is 14.1. The number of halogens is 1. The van der Waals surface area contributed by atoms with Gasteiger partial charge in [0.2, 0.25) is 0 Å². The highest BCUT2D eigenvalue weighted by molar-refractivity contribution is 6.06. The number of hydrogen-bond acceptors (Lipinski definition) is 3. The summed E-state index contributed by atoms with van der Waals surface area (Å²) >= 11 is 0. The second kappa shape index (κ2) is 4.65. The van der Waals surface area contributed by atoms with Crippen molar-refractivity contribution in [2.75, 3.05) is 5.32 Å². The Morgan fingerprint density at radius 2 is 2.15 bits per heavy atom. The highest BCUT2D eigenvalue weighted by Gasteiger charge is 2.13. The van der Waals surface area contributed by atoms with E-state index in [1.165, 1.54) is 24.4 Å². The number of rotatable bonds is 2. The molecule has 3 N–H and O–H groups in total. The van der Waals surface area contributed by atoms with Crippen LogP contribution in [0.15, 0.2) is 42.6 Å². The Morgan fingerprint density at radius 3 is 2.90 bits per heavy atom. The second-order valence-corrected chi connectivity index (χ2v) is 4.21. The molecule has 0 atom stereocenters. The molecule has 0 radical (unpaired) electrons. The molecule has 0 aliphatic rings. The van der Waals surface area contributed by atoms with E-state index in [-0.39, 0.29) is 17.3 Å². The molecule has 5 nitrogen and oxygen atoms in total. The van der Waals surface area contributed by atoms with Crippen LogP contribution in [0, 0.1) is 5.82 Å². The Labute approximate surface area is 113 Å². The zero-order valence-corrected chi connectivity index (χ0v) is 10.2. The highest BCUT2D eigenvalue weighted by Crippen LogP contribution is 2.21. The van der Waals surface area contributed by atoms with Gasteiger partial charge in [0.05, 0.1) is 0 Å². The lowest BCUT2D eigenvalue weighted by Crippen LogP contribution is -2.13. The molecule has 0 fully saturated rings. The maximum atomic E-state index is 13.5. The van der Waals surface area contributed by atoms with E-state index in [0.717, 1.165) is 0 Å². The molecule has 0 unspecified atom stereocenters. The summed E-state index contributed by atoms with van der Waals surface area (Å²) in [7, 11) is 0. The molecule has 0 aliphatic heterocycles. The SMILES string of the molecule is O=C(Nc1ncccc1O)c1cc2c(F)cccc2[nH]1. The minimum Gasteiger partial charge on any atom is -0.504 e. The fraction of sp³-hybridized carbons (Fsp3) is 0. The van der Waals surface area contributed by atoms with Crippen LogP contribution in [0.1, 0.15) is 10.5 Å². The van der Waals surface area contributed by atoms with E-state index in [9.17, 15) is 14.3 Å². The Hall–Kier alpha value is -2.89. The van der Waals surface area contributed by atoms with Crippen molar-refractivity contribution in [3.8, 4) is 5.75 Å². The number of benzene rings is 1. The average molecular weight is 271 g/mol. The molecule has 100 valence electrons. The molecule has 0 spiro atoms. The fourth-order valence-corrected chi connectivity index (χ4v) is 1.91. The maximum absolute atomic E-state index is 13.5. The van der Waals surface area contributed by atoms with Crippen molar-refractivity contribution in [3.63, 3.8) is 0 Å². The van der Waals surface area contributed by atoms with Crippen LogP contribution in [0.25, 0.3) is 10.9 Å². The third kappa shape index (κ3) is 2.07. The molecule has 3 aromatic rings. The number of anilines is 1. The molecule has 0 aliphatic carbocycles. The Kier molecular flexibility index (Phi) is 2.83. The molecule has 2 aromatic heterocycles. The smallest absolute Gasteiger partial charge is 0.273 e. The van der Waals surface area contributed by atoms with Gasteiger partial charge < -0.3 is 15.4 Å². The van der Waals surface area contributed by atoms with Gasteiger partial charge in [0, 0.05) is 17.1 Å². The number of nitrogens with one attached hydrogen (secondary N) is 2. The first-order valence-corrected chi connectivity index (χ1v) is 5.88. The van der Waals surface area contributed by atoms with Gasteiger partial charge in [-0.3, -0.25) is 4.79 Å². The van der Waals surface area contributed by atoms with Crippen molar-refractivity contribution in [3.05, 3.63) is 54.1 Å². The number of amides is 1. The van der Waals surface area contributed by atoms with Crippen molar-refractivity contribution in [1.29, 1.82) is 0 Å². The normalized spacial score (nSPS) is 10.7. The number of carbonyl (C=O) groups is 1. The van der Waals surface area contributed by atoms with Gasteiger partial charge in [0.15, 0.2) is 11.6 Å². The number of carbonyl (C=O) groups excluding carboxylic acids is 1. The van der Waals surface area contributed by atoms with Gasteiger partial charge in [-0.15, -0.1) is 0 Å². The number of aromatic hydroxyl groups is 1. The first-order chi connectivity index (χ1) is 9.65. The molecule has 1 aromatic carbocycles. The second-order valence-electron chi connectivity index (χ2n) is 4.21. The van der Waals surface area contributed by atoms with Crippen LogP contribution in [0.2, 0.25) is 0 Å². The summed E-state index contributed by atoms with van der Waals surface area (Å²) in [5.74, 6) is -0.993. The van der Waals surface area contributed by atoms with Crippen molar-refractivity contribution in [2.45, 2.75) is 0 Å². The third-order valence-corrected chi connectivity index (χ3v) is 2.87. The minimum atomic E-state index is -0.505. The molecule has 3 rings (SSSR count). The maximum Gasteiger partial charge on any atom is 0.273 e. The number of fused-ring (bicyclic) bond motifs is 1. The zero-order valence-electron chi connectivity index (χ0n) is 10.2. The molecule has 6 heteroatoms. The van der Waals surface area contributed by atoms with Gasteiger partial charge in [-0.1, -0.05) is 6.07 Å². The van der Waals surface area contributed by atoms with E-state index in [0.29, 0.717) is 10.9 Å². The lowest BCUT2D eigenvalue weighted by molar-refractivity contribution is 0.102. The van der Waals surface area contributed by atoms with Gasteiger partial charge in [-0.25, -0.2) is 9.37 Å². The van der Waals surface area contributed by atoms with Crippen LogP contribution >= 0.6 is 0 Å². The van der Waals surface area contributed by atoms with Crippen LogP contribution in [0.3, 0.4) is 0 Å². The van der Waals surface area contributed by atoms with E-state index >= 15 is 0 Å². The molecule has 1 amide bonds. The standard InChI is InChI=1S/C14H10FN3O2/c15-9-3-1-4-10-8(9)7-11(17-10)14(20)18-13-12(19)5-2-6-16-13/h1-7,17,19H,(H,16,18,20). The van der Waals surface area contributed by atoms with Crippen LogP contribution in [-0.2, 0) is 0 Å². The van der Waals surface area contributed by atoms with Crippen molar-refractivity contribution < 1.29 is 14.3 Å². The highest BCUT2D eigenvalue weighted by atomic mass is 19.1. The summed E-state index contributed by atoms with van der Waals surface area (Å²) in [6.45, 7) is 0. The van der Waals surface area contributed by atoms with Gasteiger partial charge in [-0.05, 0) is 30.3 Å². The summed E-state index contributed by atoms with van der Waals surface area (Å²) < 4.78 is 13.5. The number of aromatic nitrogens is 2. The molecule has 0 saturated carbocycles. The number of H-pyrrole nitrogens is 1. The molecule has 0 bridgehead atoms. The summed E-state index contributed by atoms with van der Waals surface area (Å²) in [5, 5.41) is 12.3. The van der Waals surface area contributed by atoms with Gasteiger partial charge >= 0.3 is 0 Å². The largest absolute Gasteiger partial charge is 0.504 e. The van der Waals surface area contributed by atoms with Crippen LogP contribution < -0.4 is 5.32 Å². The topological polar surface area (TPSA) is 78.0 Å². The summed E-state index contributed by atoms with van der Waals surface area (Å²) in [6.07, 6.45) is 1.44. The Balaban J connectivity index is 1.93. The summed E-state index contributed by atoms with van der Waals surface area (Å²) in [6, 6.07) is 8.92. The molecular formula is C14H10FN3O2. The summed E-state index contributed by atoms with van der Waals surface area (Å²) in [5.41, 5.74) is 0.718. The number of nitrogens with zero attached hydrogens (tertiary/aromatic N) is 1. The van der Waals surface area contributed by atoms with Crippen LogP contribution in [0.5, 0.6) is 5.75 Å². The van der Waals surface area contributed by atoms with Crippen LogP contribution in [0.4, 0.5) is 10.2 Å². The van der Waals surface area contributed by atoms with E-state index < -0.39 is 11.7 Å². The van der Waals surface area contributed by atoms with E-state index in [1.807, 2.05) is 0 Å². The quantitative estimate of drug-likeness (QED) is 0.670. The van der Waals surface area contributed by atoms with E-state index in [1.54, 1.807) is 18.2 Å². The minimum absolute atomic E-state index is 0.0524. The number of pyridine rings is 1. The van der Waals surface area contributed by atoms with Gasteiger partial charge in [-0.2, -0.15) is 0 Å². The predicted molar refractivity (Wildman–Crippen MR) is 72.1 cm³/mol. The predicted octanol–water partition coefficient (Wildman–Crippen LogP) is 2.66. The van der Waals surface area contributed by atoms with Crippen molar-refractivity contribution in [2.24, 2.45) is 0 Å². The molecule has 0 saturated heterocycles. The van der Waals surface area contributed by atoms with Gasteiger partial charge in [0.25, 0.3) is 5.91 Å². The Bertz CT molecular complexity index is 798. The van der Waals surface area contributed by atoms with Gasteiger partial charge in [0.1, 0.15) is 11.5 Å². The third-order valence-electron chi connectivity index (χ3n) is 2.87. The number of hydrogen-bond donors (Lipinski definition) is 3. The van der Waals surface area contributed by atoms with Crippen molar-refractivity contribution >= 4 is 22.6 Å². The monoisotopic (exact) mass is 271 g/mol. The van der Waals surface area contributed by atoms with E-state index in [4.69, 9.17) is 0 Å². The summed E-state index contributed by atoms with van der Waals surface area (Å²) in [4.78, 5) is 18.7. The molecule has 2 heterocycles. The molecule has 20 heavy (non-hydrogen) atoms. The number of aromatic amines is 1. The van der Waals surface area contributed by atoms with Crippen LogP contribution in [-0.4, -0.2) is 21.0 Å². The van der Waals surface area contributed by atoms with Crippen molar-refractivity contribution in [1.82, 2.24) is 9.97 Å². The lowest BCUT2D eigenvalue weighted by Gasteiger charge is -2.03. The first-order valence-electron chi connectivity index (χ1n) is 5.88.